The van der Waals surface area contributed by atoms with E-state index in [4.69, 9.17) is 0 Å². The van der Waals surface area contributed by atoms with E-state index in [-0.39, 0.29) is 18.7 Å². The van der Waals surface area contributed by atoms with Crippen LogP contribution in [-0.2, 0) is 32.0 Å². The van der Waals surface area contributed by atoms with Crippen LogP contribution in [0.4, 0.5) is 0 Å². The molecule has 2 atom stereocenters. The lowest BCUT2D eigenvalue weighted by atomic mass is 9.99. The number of benzene rings is 3. The third-order valence-electron chi connectivity index (χ3n) is 5.96. The van der Waals surface area contributed by atoms with Crippen molar-refractivity contribution in [2.24, 2.45) is 0 Å². The van der Waals surface area contributed by atoms with Gasteiger partial charge in [0.15, 0.2) is 0 Å². The van der Waals surface area contributed by atoms with Crippen molar-refractivity contribution in [1.29, 1.82) is 0 Å². The third-order valence-corrected chi connectivity index (χ3v) is 5.96. The minimum Gasteiger partial charge on any atom is -0.347 e. The molecule has 0 spiro atoms. The molecule has 0 radical (unpaired) electrons. The van der Waals surface area contributed by atoms with Crippen LogP contribution in [0.5, 0.6) is 0 Å². The van der Waals surface area contributed by atoms with Crippen LogP contribution in [0.2, 0.25) is 0 Å². The highest BCUT2D eigenvalue weighted by atomic mass is 16.2. The number of rotatable bonds is 9. The first-order valence-corrected chi connectivity index (χ1v) is 11.3. The van der Waals surface area contributed by atoms with E-state index in [2.05, 4.69) is 10.7 Å². The molecule has 0 saturated heterocycles. The van der Waals surface area contributed by atoms with Gasteiger partial charge in [-0.25, -0.2) is 0 Å². The third kappa shape index (κ3) is 6.66. The van der Waals surface area contributed by atoms with Crippen LogP contribution in [0, 0.1) is 0 Å². The highest BCUT2D eigenvalue weighted by Gasteiger charge is 2.32. The lowest BCUT2D eigenvalue weighted by molar-refractivity contribution is -0.145. The second-order valence-electron chi connectivity index (χ2n) is 8.43. The Hall–Kier alpha value is -4.20. The van der Waals surface area contributed by atoms with Crippen molar-refractivity contribution in [1.82, 2.24) is 20.7 Å². The summed E-state index contributed by atoms with van der Waals surface area (Å²) in [4.78, 5) is 50.9. The van der Waals surface area contributed by atoms with E-state index in [9.17, 15) is 19.2 Å². The maximum absolute atomic E-state index is 13.5. The van der Waals surface area contributed by atoms with Crippen molar-refractivity contribution in [3.8, 4) is 0 Å². The van der Waals surface area contributed by atoms with E-state index in [0.717, 1.165) is 26.9 Å². The summed E-state index contributed by atoms with van der Waals surface area (Å²) in [6.07, 6.45) is 0.997. The molecule has 0 aliphatic carbocycles. The fourth-order valence-electron chi connectivity index (χ4n) is 3.86. The minimum absolute atomic E-state index is 0.241. The molecular weight excluding hydrogens is 444 g/mol. The van der Waals surface area contributed by atoms with Gasteiger partial charge >= 0.3 is 0 Å². The topological polar surface area (TPSA) is 98.8 Å². The zero-order valence-electron chi connectivity index (χ0n) is 20.1. The number of likely N-dealkylation sites (N-methyl/N-ethyl adjacent to an activating group) is 1. The average Bonchev–Trinajstić information content (AvgIpc) is 2.86. The maximum atomic E-state index is 13.5. The molecule has 0 fully saturated rings. The highest BCUT2D eigenvalue weighted by Crippen LogP contribution is 2.18. The highest BCUT2D eigenvalue weighted by molar-refractivity contribution is 5.92. The largest absolute Gasteiger partial charge is 0.347 e. The number of hydrogen-bond acceptors (Lipinski definition) is 4. The van der Waals surface area contributed by atoms with Gasteiger partial charge < -0.3 is 10.2 Å². The fraction of sp³-hybridized carbons (Fsp3) is 0.259. The van der Waals surface area contributed by atoms with E-state index < -0.39 is 23.9 Å². The van der Waals surface area contributed by atoms with Gasteiger partial charge in [0.25, 0.3) is 5.91 Å². The monoisotopic (exact) mass is 474 g/mol. The molecule has 0 aliphatic rings. The summed E-state index contributed by atoms with van der Waals surface area (Å²) in [7, 11) is 2.97. The molecule has 2 unspecified atom stereocenters. The molecule has 0 saturated carbocycles. The van der Waals surface area contributed by atoms with Gasteiger partial charge in [0, 0.05) is 33.9 Å². The summed E-state index contributed by atoms with van der Waals surface area (Å²) in [5.74, 6) is -1.26. The molecule has 0 heterocycles. The van der Waals surface area contributed by atoms with Gasteiger partial charge in [-0.15, -0.1) is 0 Å². The molecule has 3 rings (SSSR count). The first kappa shape index (κ1) is 25.4. The van der Waals surface area contributed by atoms with Gasteiger partial charge in [0.05, 0.1) is 0 Å². The molecule has 4 amide bonds. The first-order chi connectivity index (χ1) is 16.8. The van der Waals surface area contributed by atoms with Crippen molar-refractivity contribution in [3.63, 3.8) is 0 Å². The molecule has 3 aromatic rings. The SMILES string of the molecule is CC(=O)N(C)NC(=O)C(Cc1ccccc1)N(C)C(=O)C(Cc1ccc2ccccc2c1)NC=O. The number of hydrazine groups is 1. The van der Waals surface area contributed by atoms with Gasteiger partial charge in [-0.3, -0.25) is 29.6 Å². The Bertz CT molecular complexity index is 1200. The summed E-state index contributed by atoms with van der Waals surface area (Å²) in [5.41, 5.74) is 4.27. The summed E-state index contributed by atoms with van der Waals surface area (Å²) in [5, 5.41) is 5.80. The molecule has 0 bridgehead atoms. The van der Waals surface area contributed by atoms with Gasteiger partial charge in [0.2, 0.25) is 18.2 Å². The van der Waals surface area contributed by atoms with E-state index in [1.165, 1.54) is 25.9 Å². The Labute approximate surface area is 204 Å². The molecule has 3 aromatic carbocycles. The zero-order chi connectivity index (χ0) is 25.4. The van der Waals surface area contributed by atoms with Gasteiger partial charge in [0.1, 0.15) is 12.1 Å². The summed E-state index contributed by atoms with van der Waals surface area (Å²) in [6, 6.07) is 21.3. The standard InChI is InChI=1S/C27H30N4O4/c1-19(33)31(3)29-26(34)25(17-20-9-5-4-6-10-20)30(2)27(35)24(28-18-32)16-21-13-14-22-11-7-8-12-23(22)15-21/h4-15,18,24-25H,16-17H2,1-3H3,(H,28,32)(H,29,34). The normalized spacial score (nSPS) is 12.3. The smallest absolute Gasteiger partial charge is 0.261 e. The predicted octanol–water partition coefficient (Wildman–Crippen LogP) is 2.08. The number of fused-ring (bicyclic) bond motifs is 1. The van der Waals surface area contributed by atoms with Crippen LogP contribution in [0.15, 0.2) is 72.8 Å². The maximum Gasteiger partial charge on any atom is 0.261 e. The van der Waals surface area contributed by atoms with Crippen LogP contribution in [-0.4, -0.2) is 60.2 Å². The van der Waals surface area contributed by atoms with E-state index >= 15 is 0 Å². The van der Waals surface area contributed by atoms with Crippen molar-refractivity contribution in [2.75, 3.05) is 14.1 Å². The molecular formula is C27H30N4O4. The van der Waals surface area contributed by atoms with Crippen LogP contribution in [0.25, 0.3) is 10.8 Å². The van der Waals surface area contributed by atoms with E-state index in [0.29, 0.717) is 6.41 Å². The molecule has 8 nitrogen and oxygen atoms in total. The number of carbonyl (C=O) groups excluding carboxylic acids is 4. The van der Waals surface area contributed by atoms with Crippen molar-refractivity contribution >= 4 is 34.9 Å². The number of hydrogen-bond donors (Lipinski definition) is 2. The summed E-state index contributed by atoms with van der Waals surface area (Å²) >= 11 is 0. The summed E-state index contributed by atoms with van der Waals surface area (Å²) < 4.78 is 0. The number of nitrogens with zero attached hydrogens (tertiary/aromatic N) is 2. The van der Waals surface area contributed by atoms with Gasteiger partial charge in [-0.1, -0.05) is 72.8 Å². The van der Waals surface area contributed by atoms with Gasteiger partial charge in [-0.2, -0.15) is 0 Å². The average molecular weight is 475 g/mol. The second kappa shape index (κ2) is 11.8. The van der Waals surface area contributed by atoms with E-state index in [1.54, 1.807) is 0 Å². The molecule has 182 valence electrons. The Kier molecular flexibility index (Phi) is 8.56. The predicted molar refractivity (Wildman–Crippen MR) is 134 cm³/mol. The molecule has 8 heteroatoms. The fourth-order valence-corrected chi connectivity index (χ4v) is 3.86. The Morgan fingerprint density at radius 3 is 2.17 bits per heavy atom. The number of nitrogens with one attached hydrogen (secondary N) is 2. The van der Waals surface area contributed by atoms with Crippen molar-refractivity contribution < 1.29 is 19.2 Å². The van der Waals surface area contributed by atoms with E-state index in [1.807, 2.05) is 72.8 Å². The molecule has 0 aliphatic heterocycles. The van der Waals surface area contributed by atoms with Crippen molar-refractivity contribution in [3.05, 3.63) is 83.9 Å². The van der Waals surface area contributed by atoms with Gasteiger partial charge in [-0.05, 0) is 21.9 Å². The van der Waals surface area contributed by atoms with Crippen LogP contribution in [0.1, 0.15) is 18.1 Å². The quantitative estimate of drug-likeness (QED) is 0.366. The number of amides is 4. The first-order valence-electron chi connectivity index (χ1n) is 11.3. The van der Waals surface area contributed by atoms with Crippen LogP contribution >= 0.6 is 0 Å². The Morgan fingerprint density at radius 2 is 1.51 bits per heavy atom. The second-order valence-corrected chi connectivity index (χ2v) is 8.43. The van der Waals surface area contributed by atoms with Crippen LogP contribution in [0.3, 0.4) is 0 Å². The minimum atomic E-state index is -0.903. The lowest BCUT2D eigenvalue weighted by Gasteiger charge is -2.31. The summed E-state index contributed by atoms with van der Waals surface area (Å²) in [6.45, 7) is 1.33. The molecule has 0 aromatic heterocycles. The molecule has 2 N–H and O–H groups in total. The Morgan fingerprint density at radius 1 is 0.857 bits per heavy atom. The zero-order valence-corrected chi connectivity index (χ0v) is 20.1. The van der Waals surface area contributed by atoms with Crippen LogP contribution < -0.4 is 10.7 Å². The lowest BCUT2D eigenvalue weighted by Crippen LogP contribution is -2.57. The Balaban J connectivity index is 1.84. The number of carbonyl (C=O) groups is 4. The van der Waals surface area contributed by atoms with Crippen molar-refractivity contribution in [2.45, 2.75) is 31.8 Å². The molecule has 35 heavy (non-hydrogen) atoms.